The molecule has 0 amide bonds. The molecule has 5 nitrogen and oxygen atoms in total. The molecule has 0 bridgehead atoms. The molecule has 0 heterocycles. The van der Waals surface area contributed by atoms with Gasteiger partial charge >= 0.3 is 11.9 Å². The van der Waals surface area contributed by atoms with Gasteiger partial charge in [0.05, 0.1) is 6.42 Å². The van der Waals surface area contributed by atoms with E-state index in [2.05, 4.69) is 5.32 Å². The minimum absolute atomic E-state index is 0.104. The van der Waals surface area contributed by atoms with Crippen LogP contribution in [0.4, 0.5) is 0 Å². The van der Waals surface area contributed by atoms with E-state index in [-0.39, 0.29) is 6.04 Å². The molecule has 98 valence electrons. The molecule has 3 N–H and O–H groups in total. The van der Waals surface area contributed by atoms with Gasteiger partial charge in [0.25, 0.3) is 0 Å². The fourth-order valence-electron chi connectivity index (χ4n) is 1.76. The summed E-state index contributed by atoms with van der Waals surface area (Å²) in [4.78, 5) is 21.4. The third kappa shape index (κ3) is 4.97. The summed E-state index contributed by atoms with van der Waals surface area (Å²) in [6.45, 7) is 1.84. The Morgan fingerprint density at radius 3 is 2.33 bits per heavy atom. The van der Waals surface area contributed by atoms with E-state index in [4.69, 9.17) is 10.2 Å². The van der Waals surface area contributed by atoms with Crippen molar-refractivity contribution in [2.75, 3.05) is 0 Å². The Balaban J connectivity index is 2.53. The van der Waals surface area contributed by atoms with E-state index < -0.39 is 24.4 Å². The molecule has 1 aromatic carbocycles. The van der Waals surface area contributed by atoms with E-state index in [1.54, 1.807) is 0 Å². The maximum absolute atomic E-state index is 10.9. The minimum atomic E-state index is -1.14. The molecule has 1 aromatic rings. The lowest BCUT2D eigenvalue weighted by molar-refractivity contribution is -0.146. The maximum Gasteiger partial charge on any atom is 0.321 e. The lowest BCUT2D eigenvalue weighted by Gasteiger charge is -2.19. The summed E-state index contributed by atoms with van der Waals surface area (Å²) in [7, 11) is 0. The molecule has 0 saturated carbocycles. The molecule has 5 heteroatoms. The lowest BCUT2D eigenvalue weighted by Crippen LogP contribution is -2.44. The Bertz CT molecular complexity index is 405. The van der Waals surface area contributed by atoms with Crippen LogP contribution in [-0.2, 0) is 16.0 Å². The van der Waals surface area contributed by atoms with Crippen LogP contribution in [0.25, 0.3) is 0 Å². The van der Waals surface area contributed by atoms with E-state index in [0.29, 0.717) is 6.42 Å². The van der Waals surface area contributed by atoms with Crippen LogP contribution in [0.2, 0.25) is 0 Å². The molecule has 2 atom stereocenters. The minimum Gasteiger partial charge on any atom is -0.481 e. The van der Waals surface area contributed by atoms with Crippen molar-refractivity contribution in [1.29, 1.82) is 0 Å². The summed E-state index contributed by atoms with van der Waals surface area (Å²) >= 11 is 0. The largest absolute Gasteiger partial charge is 0.481 e. The standard InChI is InChI=1S/C13H17NO4/c1-9(7-10-5-3-2-4-6-10)14-11(13(17)18)8-12(15)16/h2-6,9,11,14H,7-8H2,1H3,(H,15,16)(H,17,18)/t9-,11+/m1/s1. The number of benzene rings is 1. The Hall–Kier alpha value is -1.88. The Kier molecular flexibility index (Phi) is 5.32. The lowest BCUT2D eigenvalue weighted by atomic mass is 10.1. The van der Waals surface area contributed by atoms with Crippen molar-refractivity contribution in [3.8, 4) is 0 Å². The van der Waals surface area contributed by atoms with E-state index in [1.165, 1.54) is 0 Å². The molecule has 0 radical (unpaired) electrons. The quantitative estimate of drug-likeness (QED) is 0.676. The molecule has 0 aliphatic rings. The Morgan fingerprint density at radius 2 is 1.83 bits per heavy atom. The van der Waals surface area contributed by atoms with E-state index >= 15 is 0 Å². The SMILES string of the molecule is C[C@H](Cc1ccccc1)N[C@@H](CC(=O)O)C(=O)O. The van der Waals surface area contributed by atoms with Crippen LogP contribution in [0.5, 0.6) is 0 Å². The van der Waals surface area contributed by atoms with Crippen molar-refractivity contribution in [3.63, 3.8) is 0 Å². The zero-order chi connectivity index (χ0) is 13.5. The second-order valence-electron chi connectivity index (χ2n) is 4.25. The smallest absolute Gasteiger partial charge is 0.321 e. The highest BCUT2D eigenvalue weighted by atomic mass is 16.4. The van der Waals surface area contributed by atoms with Crippen molar-refractivity contribution >= 4 is 11.9 Å². The van der Waals surface area contributed by atoms with E-state index in [1.807, 2.05) is 37.3 Å². The summed E-state index contributed by atoms with van der Waals surface area (Å²) in [5.41, 5.74) is 1.08. The summed E-state index contributed by atoms with van der Waals surface area (Å²) in [5.74, 6) is -2.26. The molecule has 0 aliphatic carbocycles. The fraction of sp³-hybridized carbons (Fsp3) is 0.385. The van der Waals surface area contributed by atoms with Crippen LogP contribution in [0.15, 0.2) is 30.3 Å². The zero-order valence-corrected chi connectivity index (χ0v) is 10.2. The highest BCUT2D eigenvalue weighted by Gasteiger charge is 2.22. The van der Waals surface area contributed by atoms with Gasteiger partial charge in [0.2, 0.25) is 0 Å². The fourth-order valence-corrected chi connectivity index (χ4v) is 1.76. The number of rotatable bonds is 7. The first kappa shape index (κ1) is 14.2. The van der Waals surface area contributed by atoms with Gasteiger partial charge in [-0.2, -0.15) is 0 Å². The van der Waals surface area contributed by atoms with Gasteiger partial charge < -0.3 is 15.5 Å². The van der Waals surface area contributed by atoms with Crippen molar-refractivity contribution in [2.24, 2.45) is 0 Å². The van der Waals surface area contributed by atoms with Crippen molar-refractivity contribution in [1.82, 2.24) is 5.32 Å². The molecule has 18 heavy (non-hydrogen) atoms. The normalized spacial score (nSPS) is 13.8. The van der Waals surface area contributed by atoms with Crippen LogP contribution >= 0.6 is 0 Å². The van der Waals surface area contributed by atoms with Gasteiger partial charge in [0.1, 0.15) is 6.04 Å². The Labute approximate surface area is 105 Å². The molecule has 0 aromatic heterocycles. The van der Waals surface area contributed by atoms with Crippen LogP contribution in [0.3, 0.4) is 0 Å². The van der Waals surface area contributed by atoms with Gasteiger partial charge in [0.15, 0.2) is 0 Å². The number of hydrogen-bond donors (Lipinski definition) is 3. The molecular formula is C13H17NO4. The first-order chi connectivity index (χ1) is 8.49. The number of carboxylic acid groups (broad SMARTS) is 2. The predicted molar refractivity (Wildman–Crippen MR) is 66.4 cm³/mol. The topological polar surface area (TPSA) is 86.6 Å². The predicted octanol–water partition coefficient (Wildman–Crippen LogP) is 1.14. The third-order valence-corrected chi connectivity index (χ3v) is 2.55. The molecule has 0 fully saturated rings. The second-order valence-corrected chi connectivity index (χ2v) is 4.25. The van der Waals surface area contributed by atoms with Crippen LogP contribution in [-0.4, -0.2) is 34.2 Å². The average Bonchev–Trinajstić information content (AvgIpc) is 2.28. The Morgan fingerprint density at radius 1 is 1.22 bits per heavy atom. The van der Waals surface area contributed by atoms with Crippen molar-refractivity contribution < 1.29 is 19.8 Å². The maximum atomic E-state index is 10.9. The number of hydrogen-bond acceptors (Lipinski definition) is 3. The van der Waals surface area contributed by atoms with E-state index in [0.717, 1.165) is 5.56 Å². The van der Waals surface area contributed by atoms with Crippen LogP contribution in [0.1, 0.15) is 18.9 Å². The molecule has 0 unspecified atom stereocenters. The summed E-state index contributed by atoms with van der Waals surface area (Å²) in [5, 5.41) is 20.4. The summed E-state index contributed by atoms with van der Waals surface area (Å²) in [6.07, 6.45) is 0.235. The molecule has 0 spiro atoms. The first-order valence-corrected chi connectivity index (χ1v) is 5.73. The van der Waals surface area contributed by atoms with Crippen molar-refractivity contribution in [3.05, 3.63) is 35.9 Å². The van der Waals surface area contributed by atoms with Gasteiger partial charge in [-0.1, -0.05) is 30.3 Å². The number of carboxylic acids is 2. The third-order valence-electron chi connectivity index (χ3n) is 2.55. The highest BCUT2D eigenvalue weighted by Crippen LogP contribution is 2.04. The van der Waals surface area contributed by atoms with Crippen LogP contribution < -0.4 is 5.32 Å². The second kappa shape index (κ2) is 6.76. The zero-order valence-electron chi connectivity index (χ0n) is 10.2. The summed E-state index contributed by atoms with van der Waals surface area (Å²) in [6, 6.07) is 8.47. The highest BCUT2D eigenvalue weighted by molar-refractivity contribution is 5.80. The number of carbonyl (C=O) groups is 2. The molecule has 1 rings (SSSR count). The average molecular weight is 251 g/mol. The van der Waals surface area contributed by atoms with Gasteiger partial charge in [-0.3, -0.25) is 9.59 Å². The van der Waals surface area contributed by atoms with Crippen molar-refractivity contribution in [2.45, 2.75) is 31.8 Å². The molecule has 0 aliphatic heterocycles. The van der Waals surface area contributed by atoms with Gasteiger partial charge in [-0.15, -0.1) is 0 Å². The first-order valence-electron chi connectivity index (χ1n) is 5.73. The number of nitrogens with one attached hydrogen (secondary N) is 1. The van der Waals surface area contributed by atoms with Gasteiger partial charge in [0, 0.05) is 6.04 Å². The summed E-state index contributed by atoms with van der Waals surface area (Å²) < 4.78 is 0. The number of aliphatic carboxylic acids is 2. The van der Waals surface area contributed by atoms with Crippen LogP contribution in [0, 0.1) is 0 Å². The monoisotopic (exact) mass is 251 g/mol. The molecule has 0 saturated heterocycles. The van der Waals surface area contributed by atoms with Gasteiger partial charge in [-0.05, 0) is 18.9 Å². The van der Waals surface area contributed by atoms with E-state index in [9.17, 15) is 9.59 Å². The molecular weight excluding hydrogens is 234 g/mol. The van der Waals surface area contributed by atoms with Gasteiger partial charge in [-0.25, -0.2) is 0 Å².